The average Bonchev–Trinajstić information content (AvgIpc) is 3.22. The molecule has 19 heavy (non-hydrogen) atoms. The fourth-order valence-electron chi connectivity index (χ4n) is 3.72. The first-order valence-electron chi connectivity index (χ1n) is 8.74. The first-order valence-corrected chi connectivity index (χ1v) is 8.74. The van der Waals surface area contributed by atoms with E-state index in [0.717, 1.165) is 6.04 Å². The monoisotopic (exact) mass is 266 g/mol. The van der Waals surface area contributed by atoms with E-state index in [9.17, 15) is 0 Å². The summed E-state index contributed by atoms with van der Waals surface area (Å²) in [5.41, 5.74) is 0.588. The molecule has 0 aromatic rings. The maximum Gasteiger partial charge on any atom is 0.00684 e. The van der Waals surface area contributed by atoms with Crippen molar-refractivity contribution in [3.63, 3.8) is 0 Å². The van der Waals surface area contributed by atoms with Crippen LogP contribution in [0, 0.1) is 5.41 Å². The molecule has 2 aliphatic rings. The Morgan fingerprint density at radius 1 is 1.00 bits per heavy atom. The third kappa shape index (κ3) is 5.07. The van der Waals surface area contributed by atoms with E-state index in [1.165, 1.54) is 84.0 Å². The minimum atomic E-state index is 0.588. The molecule has 0 heterocycles. The molecule has 0 radical (unpaired) electrons. The molecule has 0 saturated heterocycles. The van der Waals surface area contributed by atoms with Crippen LogP contribution in [0.4, 0.5) is 0 Å². The van der Waals surface area contributed by atoms with Crippen LogP contribution in [-0.4, -0.2) is 37.1 Å². The number of hydrogen-bond acceptors (Lipinski definition) is 2. The van der Waals surface area contributed by atoms with Crippen molar-refractivity contribution in [3.8, 4) is 0 Å². The van der Waals surface area contributed by atoms with E-state index in [0.29, 0.717) is 5.41 Å². The van der Waals surface area contributed by atoms with Gasteiger partial charge in [0.25, 0.3) is 0 Å². The molecule has 0 atom stereocenters. The summed E-state index contributed by atoms with van der Waals surface area (Å²) in [7, 11) is 0. The Labute approximate surface area is 120 Å². The molecule has 0 spiro atoms. The molecule has 2 nitrogen and oxygen atoms in total. The normalized spacial score (nSPS) is 22.9. The van der Waals surface area contributed by atoms with Crippen molar-refractivity contribution in [2.24, 2.45) is 5.41 Å². The maximum absolute atomic E-state index is 3.83. The molecule has 0 aliphatic heterocycles. The predicted molar refractivity (Wildman–Crippen MR) is 83.6 cm³/mol. The zero-order chi connectivity index (χ0) is 13.6. The highest BCUT2D eigenvalue weighted by Crippen LogP contribution is 2.37. The molecule has 2 rings (SSSR count). The Bertz CT molecular complexity index is 236. The lowest BCUT2D eigenvalue weighted by atomic mass is 9.73. The van der Waals surface area contributed by atoms with Crippen molar-refractivity contribution in [2.45, 2.75) is 77.7 Å². The highest BCUT2D eigenvalue weighted by molar-refractivity contribution is 4.91. The molecular formula is C17H34N2. The van der Waals surface area contributed by atoms with Crippen LogP contribution < -0.4 is 5.32 Å². The van der Waals surface area contributed by atoms with Gasteiger partial charge in [-0.25, -0.2) is 0 Å². The number of nitrogens with one attached hydrogen (secondary N) is 1. The predicted octanol–water partition coefficient (Wildman–Crippen LogP) is 3.81. The van der Waals surface area contributed by atoms with Crippen molar-refractivity contribution in [2.75, 3.05) is 26.2 Å². The Kier molecular flexibility index (Phi) is 6.15. The summed E-state index contributed by atoms with van der Waals surface area (Å²) in [4.78, 5) is 2.74. The average molecular weight is 266 g/mol. The van der Waals surface area contributed by atoms with Crippen molar-refractivity contribution in [3.05, 3.63) is 0 Å². The molecule has 112 valence electrons. The minimum Gasteiger partial charge on any atom is -0.313 e. The third-order valence-corrected chi connectivity index (χ3v) is 4.90. The second-order valence-electron chi connectivity index (χ2n) is 6.99. The van der Waals surface area contributed by atoms with Crippen molar-refractivity contribution in [1.29, 1.82) is 0 Å². The summed E-state index contributed by atoms with van der Waals surface area (Å²) >= 11 is 0. The van der Waals surface area contributed by atoms with Gasteiger partial charge in [-0.15, -0.1) is 0 Å². The molecule has 2 heteroatoms. The van der Waals surface area contributed by atoms with E-state index in [-0.39, 0.29) is 0 Å². The molecule has 2 fully saturated rings. The van der Waals surface area contributed by atoms with Gasteiger partial charge in [-0.3, -0.25) is 0 Å². The number of rotatable bonds is 9. The van der Waals surface area contributed by atoms with Gasteiger partial charge in [-0.2, -0.15) is 0 Å². The summed E-state index contributed by atoms with van der Waals surface area (Å²) in [5, 5.41) is 3.83. The van der Waals surface area contributed by atoms with E-state index >= 15 is 0 Å². The highest BCUT2D eigenvalue weighted by atomic mass is 15.1. The van der Waals surface area contributed by atoms with Gasteiger partial charge in [-0.1, -0.05) is 33.1 Å². The van der Waals surface area contributed by atoms with E-state index in [1.54, 1.807) is 0 Å². The molecule has 1 N–H and O–H groups in total. The minimum absolute atomic E-state index is 0.588. The first kappa shape index (κ1) is 15.3. The molecule has 0 unspecified atom stereocenters. The molecular weight excluding hydrogens is 232 g/mol. The lowest BCUT2D eigenvalue weighted by Gasteiger charge is -2.41. The standard InChI is InChI=1S/C17H34N2/c1-3-12-19(13-4-2)15-17(10-6-5-7-11-17)14-18-16-8-9-16/h16,18H,3-15H2,1-2H3. The molecule has 2 aliphatic carbocycles. The quantitative estimate of drug-likeness (QED) is 0.682. The van der Waals surface area contributed by atoms with E-state index in [1.807, 2.05) is 0 Å². The lowest BCUT2D eigenvalue weighted by Crippen LogP contribution is -2.46. The van der Waals surface area contributed by atoms with Crippen LogP contribution in [0.25, 0.3) is 0 Å². The van der Waals surface area contributed by atoms with Gasteiger partial charge in [-0.05, 0) is 57.0 Å². The Morgan fingerprint density at radius 3 is 2.16 bits per heavy atom. The molecule has 0 bridgehead atoms. The summed E-state index contributed by atoms with van der Waals surface area (Å²) < 4.78 is 0. The Balaban J connectivity index is 1.89. The third-order valence-electron chi connectivity index (χ3n) is 4.90. The van der Waals surface area contributed by atoms with Gasteiger partial charge < -0.3 is 10.2 Å². The van der Waals surface area contributed by atoms with Crippen molar-refractivity contribution in [1.82, 2.24) is 10.2 Å². The largest absolute Gasteiger partial charge is 0.313 e. The van der Waals surface area contributed by atoms with Gasteiger partial charge in [0.1, 0.15) is 0 Å². The summed E-state index contributed by atoms with van der Waals surface area (Å²) in [5.74, 6) is 0. The summed E-state index contributed by atoms with van der Waals surface area (Å²) in [6.45, 7) is 9.84. The topological polar surface area (TPSA) is 15.3 Å². The Hall–Kier alpha value is -0.0800. The molecule has 0 aromatic carbocycles. The lowest BCUT2D eigenvalue weighted by molar-refractivity contribution is 0.101. The van der Waals surface area contributed by atoms with Crippen LogP contribution in [0.2, 0.25) is 0 Å². The fourth-order valence-corrected chi connectivity index (χ4v) is 3.72. The van der Waals surface area contributed by atoms with Gasteiger partial charge in [0, 0.05) is 19.1 Å². The van der Waals surface area contributed by atoms with Gasteiger partial charge in [0.15, 0.2) is 0 Å². The zero-order valence-electron chi connectivity index (χ0n) is 13.2. The number of nitrogens with zero attached hydrogens (tertiary/aromatic N) is 1. The van der Waals surface area contributed by atoms with Gasteiger partial charge >= 0.3 is 0 Å². The second-order valence-corrected chi connectivity index (χ2v) is 6.99. The molecule has 0 amide bonds. The SMILES string of the molecule is CCCN(CCC)CC1(CNC2CC2)CCCCC1. The van der Waals surface area contributed by atoms with E-state index in [2.05, 4.69) is 24.1 Å². The van der Waals surface area contributed by atoms with Crippen LogP contribution in [-0.2, 0) is 0 Å². The van der Waals surface area contributed by atoms with Crippen molar-refractivity contribution < 1.29 is 0 Å². The van der Waals surface area contributed by atoms with Crippen LogP contribution in [0.5, 0.6) is 0 Å². The summed E-state index contributed by atoms with van der Waals surface area (Å²) in [6.07, 6.45) is 12.7. The summed E-state index contributed by atoms with van der Waals surface area (Å²) in [6, 6.07) is 0.865. The van der Waals surface area contributed by atoms with Gasteiger partial charge in [0.2, 0.25) is 0 Å². The molecule has 0 aromatic heterocycles. The molecule has 2 saturated carbocycles. The van der Waals surface area contributed by atoms with Crippen LogP contribution in [0.15, 0.2) is 0 Å². The van der Waals surface area contributed by atoms with Crippen molar-refractivity contribution >= 4 is 0 Å². The van der Waals surface area contributed by atoms with E-state index in [4.69, 9.17) is 0 Å². The smallest absolute Gasteiger partial charge is 0.00684 e. The second kappa shape index (κ2) is 7.64. The van der Waals surface area contributed by atoms with E-state index < -0.39 is 0 Å². The van der Waals surface area contributed by atoms with Crippen LogP contribution >= 0.6 is 0 Å². The zero-order valence-corrected chi connectivity index (χ0v) is 13.2. The fraction of sp³-hybridized carbons (Fsp3) is 1.00. The van der Waals surface area contributed by atoms with Gasteiger partial charge in [0.05, 0.1) is 0 Å². The van der Waals surface area contributed by atoms with Crippen LogP contribution in [0.1, 0.15) is 71.6 Å². The highest BCUT2D eigenvalue weighted by Gasteiger charge is 2.35. The first-order chi connectivity index (χ1) is 9.28. The van der Waals surface area contributed by atoms with Crippen LogP contribution in [0.3, 0.4) is 0 Å². The number of hydrogen-bond donors (Lipinski definition) is 1. The Morgan fingerprint density at radius 2 is 1.63 bits per heavy atom. The maximum atomic E-state index is 3.83.